The lowest BCUT2D eigenvalue weighted by Crippen LogP contribution is -1.96. The third-order valence-electron chi connectivity index (χ3n) is 2.57. The second kappa shape index (κ2) is 5.26. The number of aromatic nitrogens is 4. The molecule has 0 spiro atoms. The maximum atomic E-state index is 11.1. The zero-order chi connectivity index (χ0) is 15.0. The second-order valence-electron chi connectivity index (χ2n) is 3.90. The molecule has 0 amide bonds. The molecule has 0 aliphatic heterocycles. The van der Waals surface area contributed by atoms with Gasteiger partial charge in [0.1, 0.15) is 5.39 Å². The van der Waals surface area contributed by atoms with E-state index >= 15 is 0 Å². The number of hydrogen-bond acceptors (Lipinski definition) is 6. The first-order valence-electron chi connectivity index (χ1n) is 5.53. The Bertz CT molecular complexity index is 853. The zero-order valence-corrected chi connectivity index (χ0v) is 12.4. The van der Waals surface area contributed by atoms with Gasteiger partial charge in [-0.2, -0.15) is 15.1 Å². The number of halogens is 2. The molecule has 0 bridgehead atoms. The first-order valence-corrected chi connectivity index (χ1v) is 6.70. The molecule has 0 saturated heterocycles. The van der Waals surface area contributed by atoms with Gasteiger partial charge in [-0.15, -0.1) is 0 Å². The van der Waals surface area contributed by atoms with Crippen LogP contribution in [-0.2, 0) is 0 Å². The lowest BCUT2D eigenvalue weighted by atomic mass is 10.3. The van der Waals surface area contributed by atoms with Crippen molar-refractivity contribution in [3.8, 4) is 11.6 Å². The molecule has 0 fully saturated rings. The number of H-pyrrole nitrogens is 1. The van der Waals surface area contributed by atoms with Crippen molar-refractivity contribution in [2.45, 2.75) is 0 Å². The van der Waals surface area contributed by atoms with Crippen molar-refractivity contribution in [1.82, 2.24) is 20.2 Å². The van der Waals surface area contributed by atoms with Gasteiger partial charge in [0.25, 0.3) is 0 Å². The van der Waals surface area contributed by atoms with Gasteiger partial charge >= 0.3 is 5.69 Å². The van der Waals surface area contributed by atoms with Crippen LogP contribution in [0.25, 0.3) is 11.0 Å². The minimum atomic E-state index is -0.546. The van der Waals surface area contributed by atoms with Crippen LogP contribution in [0.3, 0.4) is 0 Å². The van der Waals surface area contributed by atoms with Crippen LogP contribution >= 0.6 is 27.5 Å². The van der Waals surface area contributed by atoms with Gasteiger partial charge in [0.15, 0.2) is 5.65 Å². The van der Waals surface area contributed by atoms with E-state index in [1.807, 2.05) is 0 Å². The summed E-state index contributed by atoms with van der Waals surface area (Å²) in [5.41, 5.74) is 0.181. The highest BCUT2D eigenvalue weighted by Gasteiger charge is 2.19. The summed E-state index contributed by atoms with van der Waals surface area (Å²) in [4.78, 5) is 18.4. The van der Waals surface area contributed by atoms with Gasteiger partial charge in [0.05, 0.1) is 11.1 Å². The molecule has 8 nitrogen and oxygen atoms in total. The van der Waals surface area contributed by atoms with Crippen LogP contribution in [0.5, 0.6) is 11.6 Å². The Balaban J connectivity index is 2.10. The Labute approximate surface area is 130 Å². The predicted octanol–water partition coefficient (Wildman–Crippen LogP) is 3.47. The number of rotatable bonds is 3. The first-order chi connectivity index (χ1) is 10.0. The van der Waals surface area contributed by atoms with Gasteiger partial charge in [-0.25, -0.2) is 0 Å². The Morgan fingerprint density at radius 3 is 2.95 bits per heavy atom. The van der Waals surface area contributed by atoms with Crippen LogP contribution < -0.4 is 4.74 Å². The molecular weight excluding hydrogens is 366 g/mol. The molecule has 2 aromatic heterocycles. The van der Waals surface area contributed by atoms with E-state index in [9.17, 15) is 10.1 Å². The summed E-state index contributed by atoms with van der Waals surface area (Å²) in [6.45, 7) is 0. The number of nitrogens with zero attached hydrogens (tertiary/aromatic N) is 4. The van der Waals surface area contributed by atoms with Gasteiger partial charge in [0.2, 0.25) is 16.9 Å². The second-order valence-corrected chi connectivity index (χ2v) is 5.16. The first kappa shape index (κ1) is 13.7. The minimum absolute atomic E-state index is 0.0421. The number of hydrogen-bond donors (Lipinski definition) is 1. The molecule has 106 valence electrons. The van der Waals surface area contributed by atoms with Gasteiger partial charge in [0, 0.05) is 10.5 Å². The third-order valence-corrected chi connectivity index (χ3v) is 3.23. The van der Waals surface area contributed by atoms with E-state index in [2.05, 4.69) is 36.1 Å². The highest BCUT2D eigenvalue weighted by atomic mass is 79.9. The molecule has 2 heterocycles. The molecule has 0 aliphatic rings. The van der Waals surface area contributed by atoms with Crippen LogP contribution in [0.1, 0.15) is 0 Å². The molecule has 0 atom stereocenters. The number of aromatic amines is 1. The quantitative estimate of drug-likeness (QED) is 0.430. The number of nitro groups is 1. The number of ether oxygens (including phenoxy) is 1. The Morgan fingerprint density at radius 1 is 1.38 bits per heavy atom. The van der Waals surface area contributed by atoms with Crippen molar-refractivity contribution in [2.75, 3.05) is 0 Å². The standard InChI is InChI=1S/C11H5BrClN5O3/c12-5-1-2-8(7(3-5)18(19)20)21-10-6-4-14-17-9(6)15-11(13)16-10/h1-4H,(H,14,15,16,17). The molecule has 1 N–H and O–H groups in total. The summed E-state index contributed by atoms with van der Waals surface area (Å²) >= 11 is 8.96. The lowest BCUT2D eigenvalue weighted by molar-refractivity contribution is -0.385. The van der Waals surface area contributed by atoms with Crippen molar-refractivity contribution in [3.63, 3.8) is 0 Å². The molecule has 3 rings (SSSR count). The van der Waals surface area contributed by atoms with E-state index in [4.69, 9.17) is 16.3 Å². The lowest BCUT2D eigenvalue weighted by Gasteiger charge is -2.06. The van der Waals surface area contributed by atoms with Crippen molar-refractivity contribution in [3.05, 3.63) is 44.3 Å². The largest absolute Gasteiger partial charge is 0.431 e. The van der Waals surface area contributed by atoms with Crippen LogP contribution in [-0.4, -0.2) is 25.1 Å². The highest BCUT2D eigenvalue weighted by molar-refractivity contribution is 9.10. The van der Waals surface area contributed by atoms with Crippen molar-refractivity contribution in [2.24, 2.45) is 0 Å². The average molecular weight is 371 g/mol. The SMILES string of the molecule is O=[N+]([O-])c1cc(Br)ccc1Oc1nc(Cl)nc2[nH]ncc12. The molecule has 1 aromatic carbocycles. The van der Waals surface area contributed by atoms with E-state index in [0.29, 0.717) is 15.5 Å². The third kappa shape index (κ3) is 2.65. The topological polar surface area (TPSA) is 107 Å². The number of nitrogens with one attached hydrogen (secondary N) is 1. The fraction of sp³-hybridized carbons (Fsp3) is 0. The smallest absolute Gasteiger partial charge is 0.312 e. The molecule has 0 aliphatic carbocycles. The fourth-order valence-corrected chi connectivity index (χ4v) is 2.19. The number of nitro benzene ring substituents is 1. The maximum Gasteiger partial charge on any atom is 0.312 e. The van der Waals surface area contributed by atoms with E-state index in [-0.39, 0.29) is 22.6 Å². The van der Waals surface area contributed by atoms with Crippen molar-refractivity contribution in [1.29, 1.82) is 0 Å². The summed E-state index contributed by atoms with van der Waals surface area (Å²) < 4.78 is 6.09. The zero-order valence-electron chi connectivity index (χ0n) is 10.1. The van der Waals surface area contributed by atoms with Gasteiger partial charge in [-0.1, -0.05) is 15.9 Å². The minimum Gasteiger partial charge on any atom is -0.431 e. The monoisotopic (exact) mass is 369 g/mol. The summed E-state index contributed by atoms with van der Waals surface area (Å²) in [7, 11) is 0. The van der Waals surface area contributed by atoms with Crippen LogP contribution in [0.4, 0.5) is 5.69 Å². The van der Waals surface area contributed by atoms with Crippen molar-refractivity contribution < 1.29 is 9.66 Å². The molecule has 0 saturated carbocycles. The number of fused-ring (bicyclic) bond motifs is 1. The van der Waals surface area contributed by atoms with Gasteiger partial charge in [-0.05, 0) is 23.7 Å². The van der Waals surface area contributed by atoms with Gasteiger partial charge in [-0.3, -0.25) is 15.2 Å². The van der Waals surface area contributed by atoms with Crippen LogP contribution in [0.15, 0.2) is 28.9 Å². The Morgan fingerprint density at radius 2 is 2.19 bits per heavy atom. The summed E-state index contributed by atoms with van der Waals surface area (Å²) in [6.07, 6.45) is 1.45. The molecule has 3 aromatic rings. The fourth-order valence-electron chi connectivity index (χ4n) is 1.68. The van der Waals surface area contributed by atoms with Crippen molar-refractivity contribution >= 4 is 44.3 Å². The van der Waals surface area contributed by atoms with Gasteiger partial charge < -0.3 is 4.74 Å². The summed E-state index contributed by atoms with van der Waals surface area (Å²) in [6, 6.07) is 4.42. The molecule has 0 radical (unpaired) electrons. The Hall–Kier alpha value is -2.26. The molecule has 10 heteroatoms. The van der Waals surface area contributed by atoms with E-state index in [1.165, 1.54) is 18.3 Å². The summed E-state index contributed by atoms with van der Waals surface area (Å²) in [5.74, 6) is 0.129. The van der Waals surface area contributed by atoms with E-state index in [1.54, 1.807) is 6.07 Å². The molecule has 0 unspecified atom stereocenters. The molecule has 21 heavy (non-hydrogen) atoms. The van der Waals surface area contributed by atoms with E-state index < -0.39 is 4.92 Å². The maximum absolute atomic E-state index is 11.1. The highest BCUT2D eigenvalue weighted by Crippen LogP contribution is 2.35. The van der Waals surface area contributed by atoms with E-state index in [0.717, 1.165) is 0 Å². The number of benzene rings is 1. The molecular formula is C11H5BrClN5O3. The average Bonchev–Trinajstić information content (AvgIpc) is 2.88. The Kier molecular flexibility index (Phi) is 3.43. The predicted molar refractivity (Wildman–Crippen MR) is 77.6 cm³/mol. The van der Waals surface area contributed by atoms with Crippen LogP contribution in [0.2, 0.25) is 5.28 Å². The normalized spacial score (nSPS) is 10.8. The van der Waals surface area contributed by atoms with Crippen LogP contribution in [0, 0.1) is 10.1 Å². The summed E-state index contributed by atoms with van der Waals surface area (Å²) in [5, 5.41) is 17.9.